The van der Waals surface area contributed by atoms with Gasteiger partial charge in [0.1, 0.15) is 5.75 Å². The number of thioether (sulfide) groups is 1. The molecule has 0 aliphatic carbocycles. The summed E-state index contributed by atoms with van der Waals surface area (Å²) in [6, 6.07) is 16.6. The number of carbonyl (C=O) groups is 1. The summed E-state index contributed by atoms with van der Waals surface area (Å²) in [5.74, 6) is 1.90. The fraction of sp³-hybridized carbons (Fsp3) is 0.409. The zero-order chi connectivity index (χ0) is 18.9. The molecule has 0 radical (unpaired) electrons. The Balaban J connectivity index is 1.40. The summed E-state index contributed by atoms with van der Waals surface area (Å²) in [5.41, 5.74) is 2.38. The van der Waals surface area contributed by atoms with E-state index in [0.717, 1.165) is 56.1 Å². The first kappa shape index (κ1) is 19.8. The van der Waals surface area contributed by atoms with E-state index in [4.69, 9.17) is 4.74 Å². The molecule has 0 saturated carbocycles. The SMILES string of the molecule is Cc1ccc(SCCNCc2ccccc2OCC(=O)N2CCCC2)cc1. The molecule has 0 aromatic heterocycles. The second kappa shape index (κ2) is 10.4. The largest absolute Gasteiger partial charge is 0.483 e. The van der Waals surface area contributed by atoms with Gasteiger partial charge in [-0.25, -0.2) is 0 Å². The fourth-order valence-corrected chi connectivity index (χ4v) is 3.90. The third-order valence-electron chi connectivity index (χ3n) is 4.67. The van der Waals surface area contributed by atoms with Crippen molar-refractivity contribution >= 4 is 17.7 Å². The second-order valence-corrected chi connectivity index (χ2v) is 7.99. The normalized spacial score (nSPS) is 13.7. The van der Waals surface area contributed by atoms with Gasteiger partial charge in [-0.3, -0.25) is 4.79 Å². The van der Waals surface area contributed by atoms with E-state index in [1.807, 2.05) is 34.9 Å². The van der Waals surface area contributed by atoms with Crippen LogP contribution in [0, 0.1) is 6.92 Å². The van der Waals surface area contributed by atoms with Crippen molar-refractivity contribution in [2.24, 2.45) is 0 Å². The Morgan fingerprint density at radius 2 is 1.85 bits per heavy atom. The Morgan fingerprint density at radius 3 is 2.63 bits per heavy atom. The molecule has 0 bridgehead atoms. The number of amides is 1. The number of likely N-dealkylation sites (tertiary alicyclic amines) is 1. The Morgan fingerprint density at radius 1 is 1.11 bits per heavy atom. The average molecular weight is 385 g/mol. The lowest BCUT2D eigenvalue weighted by atomic mass is 10.2. The van der Waals surface area contributed by atoms with Crippen molar-refractivity contribution in [2.75, 3.05) is 32.0 Å². The molecule has 2 aromatic carbocycles. The maximum atomic E-state index is 12.2. The lowest BCUT2D eigenvalue weighted by molar-refractivity contribution is -0.132. The van der Waals surface area contributed by atoms with Gasteiger partial charge >= 0.3 is 0 Å². The van der Waals surface area contributed by atoms with Gasteiger partial charge in [0.25, 0.3) is 5.91 Å². The molecule has 1 fully saturated rings. The Labute approximate surface area is 166 Å². The van der Waals surface area contributed by atoms with Crippen molar-refractivity contribution in [2.45, 2.75) is 31.2 Å². The third-order valence-corrected chi connectivity index (χ3v) is 5.68. The van der Waals surface area contributed by atoms with Crippen LogP contribution in [-0.4, -0.2) is 42.8 Å². The number of nitrogens with one attached hydrogen (secondary N) is 1. The van der Waals surface area contributed by atoms with E-state index in [1.165, 1.54) is 10.5 Å². The van der Waals surface area contributed by atoms with Crippen LogP contribution in [0.3, 0.4) is 0 Å². The molecule has 0 spiro atoms. The lowest BCUT2D eigenvalue weighted by Crippen LogP contribution is -2.32. The van der Waals surface area contributed by atoms with E-state index in [2.05, 4.69) is 42.6 Å². The van der Waals surface area contributed by atoms with Crippen LogP contribution in [0.25, 0.3) is 0 Å². The molecule has 1 amide bonds. The number of rotatable bonds is 9. The molecule has 1 aliphatic rings. The predicted octanol–water partition coefficient (Wildman–Crippen LogP) is 3.88. The van der Waals surface area contributed by atoms with Gasteiger partial charge in [0.15, 0.2) is 6.61 Å². The van der Waals surface area contributed by atoms with Crippen molar-refractivity contribution in [3.05, 3.63) is 59.7 Å². The van der Waals surface area contributed by atoms with Crippen LogP contribution in [0.5, 0.6) is 5.75 Å². The maximum absolute atomic E-state index is 12.2. The van der Waals surface area contributed by atoms with Crippen LogP contribution in [0.1, 0.15) is 24.0 Å². The smallest absolute Gasteiger partial charge is 0.260 e. The van der Waals surface area contributed by atoms with Crippen LogP contribution in [0.15, 0.2) is 53.4 Å². The number of benzene rings is 2. The number of para-hydroxylation sites is 1. The molecule has 5 heteroatoms. The summed E-state index contributed by atoms with van der Waals surface area (Å²) in [5, 5.41) is 3.47. The molecule has 144 valence electrons. The Bertz CT molecular complexity index is 727. The molecule has 0 atom stereocenters. The van der Waals surface area contributed by atoms with E-state index in [1.54, 1.807) is 0 Å². The van der Waals surface area contributed by atoms with Gasteiger partial charge in [0, 0.05) is 42.4 Å². The lowest BCUT2D eigenvalue weighted by Gasteiger charge is -2.17. The first-order valence-corrected chi connectivity index (χ1v) is 10.6. The standard InChI is InChI=1S/C22H28N2O2S/c1-18-8-10-20(11-9-18)27-15-12-23-16-19-6-2-3-7-21(19)26-17-22(25)24-13-4-5-14-24/h2-3,6-11,23H,4-5,12-17H2,1H3. The molecule has 1 saturated heterocycles. The van der Waals surface area contributed by atoms with Crippen molar-refractivity contribution in [3.63, 3.8) is 0 Å². The van der Waals surface area contributed by atoms with Crippen LogP contribution in [0.2, 0.25) is 0 Å². The Kier molecular flexibility index (Phi) is 7.60. The zero-order valence-corrected chi connectivity index (χ0v) is 16.8. The summed E-state index contributed by atoms with van der Waals surface area (Å²) in [6.07, 6.45) is 2.21. The number of carbonyl (C=O) groups excluding carboxylic acids is 1. The summed E-state index contributed by atoms with van der Waals surface area (Å²) < 4.78 is 5.81. The van der Waals surface area contributed by atoms with Gasteiger partial charge < -0.3 is 15.0 Å². The van der Waals surface area contributed by atoms with Crippen molar-refractivity contribution in [1.29, 1.82) is 0 Å². The molecule has 0 unspecified atom stereocenters. The van der Waals surface area contributed by atoms with Gasteiger partial charge in [-0.2, -0.15) is 0 Å². The zero-order valence-electron chi connectivity index (χ0n) is 15.9. The van der Waals surface area contributed by atoms with E-state index in [-0.39, 0.29) is 12.5 Å². The number of hydrogen-bond donors (Lipinski definition) is 1. The van der Waals surface area contributed by atoms with Gasteiger partial charge in [-0.1, -0.05) is 35.9 Å². The molecule has 27 heavy (non-hydrogen) atoms. The van der Waals surface area contributed by atoms with Crippen LogP contribution >= 0.6 is 11.8 Å². The Hall–Kier alpha value is -1.98. The highest BCUT2D eigenvalue weighted by Gasteiger charge is 2.18. The number of hydrogen-bond acceptors (Lipinski definition) is 4. The van der Waals surface area contributed by atoms with Crippen LogP contribution < -0.4 is 10.1 Å². The van der Waals surface area contributed by atoms with E-state index in [9.17, 15) is 4.79 Å². The predicted molar refractivity (Wildman–Crippen MR) is 111 cm³/mol. The van der Waals surface area contributed by atoms with Gasteiger partial charge in [0.05, 0.1) is 0 Å². The fourth-order valence-electron chi connectivity index (χ4n) is 3.09. The molecule has 1 N–H and O–H groups in total. The molecular weight excluding hydrogens is 356 g/mol. The highest BCUT2D eigenvalue weighted by atomic mass is 32.2. The highest BCUT2D eigenvalue weighted by Crippen LogP contribution is 2.19. The van der Waals surface area contributed by atoms with E-state index >= 15 is 0 Å². The van der Waals surface area contributed by atoms with Crippen molar-refractivity contribution in [1.82, 2.24) is 10.2 Å². The molecule has 4 nitrogen and oxygen atoms in total. The second-order valence-electron chi connectivity index (χ2n) is 6.82. The number of aryl methyl sites for hydroxylation is 1. The summed E-state index contributed by atoms with van der Waals surface area (Å²) in [4.78, 5) is 15.4. The first-order valence-electron chi connectivity index (χ1n) is 9.61. The minimum atomic E-state index is 0.0877. The summed E-state index contributed by atoms with van der Waals surface area (Å²) >= 11 is 1.85. The first-order chi connectivity index (χ1) is 13.2. The third kappa shape index (κ3) is 6.29. The molecule has 3 rings (SSSR count). The summed E-state index contributed by atoms with van der Waals surface area (Å²) in [7, 11) is 0. The topological polar surface area (TPSA) is 41.6 Å². The monoisotopic (exact) mass is 384 g/mol. The van der Waals surface area contributed by atoms with Gasteiger partial charge in [-0.15, -0.1) is 11.8 Å². The highest BCUT2D eigenvalue weighted by molar-refractivity contribution is 7.99. The number of nitrogens with zero attached hydrogens (tertiary/aromatic N) is 1. The van der Waals surface area contributed by atoms with Gasteiger partial charge in [0.2, 0.25) is 0 Å². The van der Waals surface area contributed by atoms with Gasteiger partial charge in [-0.05, 0) is 38.0 Å². The quantitative estimate of drug-likeness (QED) is 0.526. The van der Waals surface area contributed by atoms with Crippen LogP contribution in [0.4, 0.5) is 0 Å². The number of ether oxygens (including phenoxy) is 1. The molecular formula is C22H28N2O2S. The molecule has 1 heterocycles. The maximum Gasteiger partial charge on any atom is 0.260 e. The van der Waals surface area contributed by atoms with Crippen LogP contribution in [-0.2, 0) is 11.3 Å². The minimum Gasteiger partial charge on any atom is -0.483 e. The van der Waals surface area contributed by atoms with E-state index < -0.39 is 0 Å². The van der Waals surface area contributed by atoms with Crippen molar-refractivity contribution < 1.29 is 9.53 Å². The van der Waals surface area contributed by atoms with E-state index in [0.29, 0.717) is 0 Å². The van der Waals surface area contributed by atoms with Crippen molar-refractivity contribution in [3.8, 4) is 5.75 Å². The molecule has 1 aliphatic heterocycles. The molecule has 2 aromatic rings. The summed E-state index contributed by atoms with van der Waals surface area (Å²) in [6.45, 7) is 5.62. The minimum absolute atomic E-state index is 0.0877. The average Bonchev–Trinajstić information content (AvgIpc) is 3.23.